The highest BCUT2D eigenvalue weighted by molar-refractivity contribution is 5.38. The molecule has 0 aliphatic rings. The molecular weight excluding hydrogens is 146 g/mol. The Balaban J connectivity index is 4.36. The Morgan fingerprint density at radius 1 is 1.50 bits per heavy atom. The van der Waals surface area contributed by atoms with E-state index in [-0.39, 0.29) is 0 Å². The van der Waals surface area contributed by atoms with E-state index in [1.165, 1.54) is 0 Å². The molecule has 0 N–H and O–H groups in total. The first-order valence-corrected chi connectivity index (χ1v) is 4.20. The Labute approximate surface area is 74.7 Å². The van der Waals surface area contributed by atoms with Gasteiger partial charge in [0, 0.05) is 0 Å². The zero-order valence-electron chi connectivity index (χ0n) is 7.80. The van der Waals surface area contributed by atoms with Crippen LogP contribution in [0.1, 0.15) is 26.7 Å². The van der Waals surface area contributed by atoms with Crippen LogP contribution in [0.25, 0.3) is 0 Å². The molecule has 0 aromatic carbocycles. The summed E-state index contributed by atoms with van der Waals surface area (Å²) in [6.45, 7) is 7.87. The highest BCUT2D eigenvalue weighted by atomic mass is 14.2. The molecule has 0 fully saturated rings. The minimum Gasteiger partial charge on any atom is -0.192 e. The average Bonchev–Trinajstić information content (AvgIpc) is 2.11. The van der Waals surface area contributed by atoms with Gasteiger partial charge < -0.3 is 0 Å². The molecular formula is C11H15N. The van der Waals surface area contributed by atoms with Gasteiger partial charge in [0.15, 0.2) is 0 Å². The molecule has 0 unspecified atom stereocenters. The summed E-state index contributed by atoms with van der Waals surface area (Å²) >= 11 is 0. The molecule has 0 saturated carbocycles. The number of hydrogen-bond donors (Lipinski definition) is 0. The van der Waals surface area contributed by atoms with Gasteiger partial charge in [-0.3, -0.25) is 0 Å². The molecule has 1 heteroatoms. The Morgan fingerprint density at radius 2 is 2.17 bits per heavy atom. The van der Waals surface area contributed by atoms with Crippen molar-refractivity contribution in [3.63, 3.8) is 0 Å². The molecule has 0 bridgehead atoms. The predicted octanol–water partition coefficient (Wildman–Crippen LogP) is 3.37. The van der Waals surface area contributed by atoms with Crippen LogP contribution < -0.4 is 0 Å². The van der Waals surface area contributed by atoms with Crippen molar-refractivity contribution in [3.05, 3.63) is 36.0 Å². The van der Waals surface area contributed by atoms with Crippen LogP contribution >= 0.6 is 0 Å². The van der Waals surface area contributed by atoms with Gasteiger partial charge in [0.05, 0.1) is 11.6 Å². The molecule has 64 valence electrons. The second-order valence-corrected chi connectivity index (χ2v) is 2.53. The maximum Gasteiger partial charge on any atom is 0.0991 e. The van der Waals surface area contributed by atoms with Crippen LogP contribution in [-0.2, 0) is 0 Å². The van der Waals surface area contributed by atoms with Crippen molar-refractivity contribution >= 4 is 0 Å². The van der Waals surface area contributed by atoms with Gasteiger partial charge in [-0.25, -0.2) is 0 Å². The fourth-order valence-corrected chi connectivity index (χ4v) is 0.684. The maximum absolute atomic E-state index is 8.69. The lowest BCUT2D eigenvalue weighted by Crippen LogP contribution is -1.76. The van der Waals surface area contributed by atoms with Crippen molar-refractivity contribution in [2.24, 2.45) is 0 Å². The zero-order valence-corrected chi connectivity index (χ0v) is 7.80. The second kappa shape index (κ2) is 6.42. The summed E-state index contributed by atoms with van der Waals surface area (Å²) in [6.07, 6.45) is 7.48. The van der Waals surface area contributed by atoms with Crippen molar-refractivity contribution in [1.82, 2.24) is 0 Å². The average molecular weight is 161 g/mol. The minimum atomic E-state index is 0.684. The lowest BCUT2D eigenvalue weighted by Gasteiger charge is -1.92. The van der Waals surface area contributed by atoms with Crippen LogP contribution in [0.5, 0.6) is 0 Å². The van der Waals surface area contributed by atoms with Gasteiger partial charge in [0.25, 0.3) is 0 Å². The van der Waals surface area contributed by atoms with Crippen LogP contribution in [-0.4, -0.2) is 0 Å². The molecule has 0 heterocycles. The van der Waals surface area contributed by atoms with E-state index in [9.17, 15) is 0 Å². The molecule has 0 rings (SSSR count). The van der Waals surface area contributed by atoms with Gasteiger partial charge >= 0.3 is 0 Å². The van der Waals surface area contributed by atoms with Gasteiger partial charge in [-0.2, -0.15) is 5.26 Å². The first-order valence-electron chi connectivity index (χ1n) is 4.20. The zero-order chi connectivity index (χ0) is 9.40. The molecule has 0 aliphatic heterocycles. The molecule has 0 aromatic rings. The van der Waals surface area contributed by atoms with Crippen LogP contribution in [0.15, 0.2) is 36.0 Å². The third-order valence-corrected chi connectivity index (χ3v) is 1.48. The third-order valence-electron chi connectivity index (χ3n) is 1.48. The molecule has 1 nitrogen and oxygen atoms in total. The smallest absolute Gasteiger partial charge is 0.0991 e. The van der Waals surface area contributed by atoms with Crippen molar-refractivity contribution in [2.75, 3.05) is 0 Å². The number of allylic oxidation sites excluding steroid dienone is 5. The number of hydrogen-bond acceptors (Lipinski definition) is 1. The van der Waals surface area contributed by atoms with Gasteiger partial charge in [-0.15, -0.1) is 0 Å². The van der Waals surface area contributed by atoms with Crippen LogP contribution in [0.3, 0.4) is 0 Å². The SMILES string of the molecule is C=C(/C=C(C#N)\C=C/CC)CC. The summed E-state index contributed by atoms with van der Waals surface area (Å²) in [7, 11) is 0. The first kappa shape index (κ1) is 10.7. The summed E-state index contributed by atoms with van der Waals surface area (Å²) in [4.78, 5) is 0. The minimum absolute atomic E-state index is 0.684. The molecule has 0 atom stereocenters. The van der Waals surface area contributed by atoms with E-state index in [2.05, 4.69) is 12.6 Å². The monoisotopic (exact) mass is 161 g/mol. The summed E-state index contributed by atoms with van der Waals surface area (Å²) in [5.74, 6) is 0. The molecule has 0 aromatic heterocycles. The molecule has 0 saturated heterocycles. The fourth-order valence-electron chi connectivity index (χ4n) is 0.684. The van der Waals surface area contributed by atoms with Gasteiger partial charge in [0.2, 0.25) is 0 Å². The number of rotatable bonds is 4. The standard InChI is InChI=1S/C11H15N/c1-4-6-7-11(9-12)8-10(3)5-2/h6-8H,3-5H2,1-2H3/b7-6-,11-8+. The Hall–Kier alpha value is -1.29. The molecule has 0 radical (unpaired) electrons. The highest BCUT2D eigenvalue weighted by Crippen LogP contribution is 2.05. The Morgan fingerprint density at radius 3 is 2.58 bits per heavy atom. The molecule has 12 heavy (non-hydrogen) atoms. The van der Waals surface area contributed by atoms with Crippen molar-refractivity contribution in [3.8, 4) is 6.07 Å². The van der Waals surface area contributed by atoms with E-state index in [1.54, 1.807) is 0 Å². The van der Waals surface area contributed by atoms with E-state index in [0.717, 1.165) is 18.4 Å². The third kappa shape index (κ3) is 4.51. The molecule has 0 aliphatic carbocycles. The van der Waals surface area contributed by atoms with Crippen molar-refractivity contribution in [2.45, 2.75) is 26.7 Å². The summed E-state index contributed by atoms with van der Waals surface area (Å²) in [6, 6.07) is 2.12. The molecule has 0 spiro atoms. The quantitative estimate of drug-likeness (QED) is 0.458. The topological polar surface area (TPSA) is 23.8 Å². The molecule has 0 amide bonds. The normalized spacial score (nSPS) is 11.6. The van der Waals surface area contributed by atoms with Gasteiger partial charge in [0.1, 0.15) is 0 Å². The number of nitrogens with zero attached hydrogens (tertiary/aromatic N) is 1. The van der Waals surface area contributed by atoms with E-state index in [0.29, 0.717) is 5.57 Å². The first-order chi connectivity index (χ1) is 5.74. The van der Waals surface area contributed by atoms with Crippen LogP contribution in [0.2, 0.25) is 0 Å². The van der Waals surface area contributed by atoms with Crippen molar-refractivity contribution < 1.29 is 0 Å². The van der Waals surface area contributed by atoms with E-state index in [4.69, 9.17) is 5.26 Å². The highest BCUT2D eigenvalue weighted by Gasteiger charge is 1.89. The van der Waals surface area contributed by atoms with E-state index in [1.807, 2.05) is 32.1 Å². The van der Waals surface area contributed by atoms with Crippen molar-refractivity contribution in [1.29, 1.82) is 5.26 Å². The van der Waals surface area contributed by atoms with E-state index >= 15 is 0 Å². The van der Waals surface area contributed by atoms with Gasteiger partial charge in [-0.1, -0.05) is 32.1 Å². The van der Waals surface area contributed by atoms with Crippen LogP contribution in [0, 0.1) is 11.3 Å². The fraction of sp³-hybridized carbons (Fsp3) is 0.364. The lowest BCUT2D eigenvalue weighted by atomic mass is 10.1. The number of nitriles is 1. The van der Waals surface area contributed by atoms with Crippen LogP contribution in [0.4, 0.5) is 0 Å². The largest absolute Gasteiger partial charge is 0.192 e. The summed E-state index contributed by atoms with van der Waals surface area (Å²) < 4.78 is 0. The maximum atomic E-state index is 8.69. The summed E-state index contributed by atoms with van der Waals surface area (Å²) in [5, 5.41) is 8.69. The lowest BCUT2D eigenvalue weighted by molar-refractivity contribution is 1.15. The van der Waals surface area contributed by atoms with E-state index < -0.39 is 0 Å². The van der Waals surface area contributed by atoms with Gasteiger partial charge in [-0.05, 0) is 25.0 Å². The summed E-state index contributed by atoms with van der Waals surface area (Å²) in [5.41, 5.74) is 1.68. The Kier molecular flexibility index (Phi) is 5.73. The second-order valence-electron chi connectivity index (χ2n) is 2.53. The Bertz CT molecular complexity index is 238. The predicted molar refractivity (Wildman–Crippen MR) is 52.6 cm³/mol.